The molecule has 0 bridgehead atoms. The number of pyridine rings is 1. The van der Waals surface area contributed by atoms with E-state index in [0.717, 1.165) is 56.5 Å². The average Bonchev–Trinajstić information content (AvgIpc) is 2.89. The Labute approximate surface area is 204 Å². The summed E-state index contributed by atoms with van der Waals surface area (Å²) < 4.78 is 38.7. The molecule has 1 aromatic heterocycles. The molecule has 3 heterocycles. The molecule has 35 heavy (non-hydrogen) atoms. The van der Waals surface area contributed by atoms with E-state index in [1.807, 2.05) is 11.0 Å². The van der Waals surface area contributed by atoms with E-state index in [9.17, 15) is 18.0 Å². The molecule has 2 unspecified atom stereocenters. The molecule has 1 aliphatic carbocycles. The molecule has 2 aliphatic heterocycles. The zero-order valence-corrected chi connectivity index (χ0v) is 19.9. The predicted molar refractivity (Wildman–Crippen MR) is 131 cm³/mol. The standard InChI is InChI=1S/C27H33F3N4O/c28-27(29,30)21-11-13-24(31-18-21)33-14-16-34(17-15-33)25(26(35)20-7-2-1-3-8-20)23-12-10-19-6-4-5-9-22(19)32-23/h4-6,9,11,13,18,20,23,25,32H,1-3,7-8,10,12,14-17H2. The Kier molecular flexibility index (Phi) is 7.00. The number of hydrogen-bond acceptors (Lipinski definition) is 5. The van der Waals surface area contributed by atoms with E-state index in [-0.39, 0.29) is 18.0 Å². The highest BCUT2D eigenvalue weighted by Crippen LogP contribution is 2.33. The van der Waals surface area contributed by atoms with Crippen molar-refractivity contribution in [3.63, 3.8) is 0 Å². The highest BCUT2D eigenvalue weighted by molar-refractivity contribution is 5.88. The van der Waals surface area contributed by atoms with Crippen LogP contribution in [0.3, 0.4) is 0 Å². The summed E-state index contributed by atoms with van der Waals surface area (Å²) in [4.78, 5) is 22.3. The number of Topliss-reactive ketones (excluding diaryl/α,β-unsaturated/α-hetero) is 1. The maximum atomic E-state index is 13.9. The van der Waals surface area contributed by atoms with Crippen LogP contribution in [0.5, 0.6) is 0 Å². The minimum atomic E-state index is -4.39. The quantitative estimate of drug-likeness (QED) is 0.632. The lowest BCUT2D eigenvalue weighted by Crippen LogP contribution is -2.60. The molecule has 2 atom stereocenters. The van der Waals surface area contributed by atoms with Crippen LogP contribution in [0.25, 0.3) is 0 Å². The van der Waals surface area contributed by atoms with E-state index in [2.05, 4.69) is 33.4 Å². The molecule has 8 heteroatoms. The first kappa shape index (κ1) is 24.1. The van der Waals surface area contributed by atoms with Crippen LogP contribution in [0, 0.1) is 5.92 Å². The number of aromatic nitrogens is 1. The van der Waals surface area contributed by atoms with Gasteiger partial charge >= 0.3 is 6.18 Å². The summed E-state index contributed by atoms with van der Waals surface area (Å²) in [6, 6.07) is 10.7. The monoisotopic (exact) mass is 486 g/mol. The first-order valence-corrected chi connectivity index (χ1v) is 12.8. The molecular weight excluding hydrogens is 453 g/mol. The van der Waals surface area contributed by atoms with E-state index >= 15 is 0 Å². The Morgan fingerprint density at radius 2 is 1.71 bits per heavy atom. The third-order valence-electron chi connectivity index (χ3n) is 7.87. The normalized spacial score (nSPS) is 22.8. The Bertz CT molecular complexity index is 1010. The number of alkyl halides is 3. The predicted octanol–water partition coefficient (Wildman–Crippen LogP) is 5.17. The van der Waals surface area contributed by atoms with Crippen molar-refractivity contribution in [2.24, 2.45) is 5.92 Å². The molecule has 5 nitrogen and oxygen atoms in total. The molecule has 0 amide bonds. The van der Waals surface area contributed by atoms with Gasteiger partial charge < -0.3 is 10.2 Å². The highest BCUT2D eigenvalue weighted by Gasteiger charge is 2.40. The summed E-state index contributed by atoms with van der Waals surface area (Å²) in [5.74, 6) is 1.04. The summed E-state index contributed by atoms with van der Waals surface area (Å²) in [7, 11) is 0. The van der Waals surface area contributed by atoms with E-state index in [4.69, 9.17) is 0 Å². The number of para-hydroxylation sites is 1. The fraction of sp³-hybridized carbons (Fsp3) is 0.556. The number of ketones is 1. The molecule has 1 saturated heterocycles. The zero-order chi connectivity index (χ0) is 24.4. The maximum Gasteiger partial charge on any atom is 0.417 e. The molecule has 3 aliphatic rings. The van der Waals surface area contributed by atoms with Crippen molar-refractivity contribution in [2.45, 2.75) is 63.2 Å². The van der Waals surface area contributed by atoms with Crippen molar-refractivity contribution in [3.8, 4) is 0 Å². The van der Waals surface area contributed by atoms with Crippen LogP contribution in [-0.4, -0.2) is 53.9 Å². The third-order valence-corrected chi connectivity index (χ3v) is 7.87. The minimum Gasteiger partial charge on any atom is -0.380 e. The molecule has 0 radical (unpaired) electrons. The summed E-state index contributed by atoms with van der Waals surface area (Å²) >= 11 is 0. The van der Waals surface area contributed by atoms with Gasteiger partial charge in [0.05, 0.1) is 11.6 Å². The van der Waals surface area contributed by atoms with Crippen molar-refractivity contribution in [2.75, 3.05) is 36.4 Å². The van der Waals surface area contributed by atoms with Crippen LogP contribution in [0.1, 0.15) is 49.7 Å². The first-order valence-electron chi connectivity index (χ1n) is 12.8. The minimum absolute atomic E-state index is 0.0649. The largest absolute Gasteiger partial charge is 0.417 e. The number of rotatable bonds is 5. The number of aryl methyl sites for hydroxylation is 1. The lowest BCUT2D eigenvalue weighted by atomic mass is 9.80. The molecule has 5 rings (SSSR count). The van der Waals surface area contributed by atoms with Gasteiger partial charge in [0, 0.05) is 50.0 Å². The Balaban J connectivity index is 1.31. The molecule has 188 valence electrons. The van der Waals surface area contributed by atoms with Crippen LogP contribution >= 0.6 is 0 Å². The lowest BCUT2D eigenvalue weighted by molar-refractivity contribution is -0.137. The van der Waals surface area contributed by atoms with Gasteiger partial charge in [0.25, 0.3) is 0 Å². The molecule has 1 N–H and O–H groups in total. The number of nitrogens with zero attached hydrogens (tertiary/aromatic N) is 3. The molecule has 2 aromatic rings. The van der Waals surface area contributed by atoms with E-state index in [1.54, 1.807) is 0 Å². The van der Waals surface area contributed by atoms with Crippen molar-refractivity contribution in [1.29, 1.82) is 0 Å². The van der Waals surface area contributed by atoms with Crippen LogP contribution < -0.4 is 10.2 Å². The second kappa shape index (κ2) is 10.2. The van der Waals surface area contributed by atoms with Crippen LogP contribution in [0.4, 0.5) is 24.7 Å². The lowest BCUT2D eigenvalue weighted by Gasteiger charge is -2.44. The van der Waals surface area contributed by atoms with E-state index < -0.39 is 11.7 Å². The van der Waals surface area contributed by atoms with Gasteiger partial charge in [-0.2, -0.15) is 13.2 Å². The molecule has 0 spiro atoms. The second-order valence-electron chi connectivity index (χ2n) is 10.1. The van der Waals surface area contributed by atoms with Gasteiger partial charge in [-0.05, 0) is 49.4 Å². The van der Waals surface area contributed by atoms with Crippen LogP contribution in [-0.2, 0) is 17.4 Å². The van der Waals surface area contributed by atoms with Crippen molar-refractivity contribution < 1.29 is 18.0 Å². The Morgan fingerprint density at radius 1 is 0.971 bits per heavy atom. The molecule has 2 fully saturated rings. The van der Waals surface area contributed by atoms with Gasteiger partial charge in [0.15, 0.2) is 5.78 Å². The molecule has 1 saturated carbocycles. The number of fused-ring (bicyclic) bond motifs is 1. The smallest absolute Gasteiger partial charge is 0.380 e. The number of benzene rings is 1. The van der Waals surface area contributed by atoms with Gasteiger partial charge in [-0.25, -0.2) is 4.98 Å². The van der Waals surface area contributed by atoms with Gasteiger partial charge in [-0.1, -0.05) is 37.5 Å². The van der Waals surface area contributed by atoms with Gasteiger partial charge in [0.2, 0.25) is 0 Å². The zero-order valence-electron chi connectivity index (χ0n) is 19.9. The van der Waals surface area contributed by atoms with Crippen molar-refractivity contribution in [3.05, 3.63) is 53.7 Å². The number of halogens is 3. The van der Waals surface area contributed by atoms with E-state index in [1.165, 1.54) is 18.1 Å². The van der Waals surface area contributed by atoms with Crippen molar-refractivity contribution in [1.82, 2.24) is 9.88 Å². The summed E-state index contributed by atoms with van der Waals surface area (Å²) in [5.41, 5.74) is 1.69. The van der Waals surface area contributed by atoms with Gasteiger partial charge in [-0.15, -0.1) is 0 Å². The topological polar surface area (TPSA) is 48.5 Å². The highest BCUT2D eigenvalue weighted by atomic mass is 19.4. The van der Waals surface area contributed by atoms with Crippen LogP contribution in [0.2, 0.25) is 0 Å². The summed E-state index contributed by atoms with van der Waals surface area (Å²) in [6.07, 6.45) is 3.81. The number of anilines is 2. The molecule has 1 aromatic carbocycles. The average molecular weight is 487 g/mol. The summed E-state index contributed by atoms with van der Waals surface area (Å²) in [5, 5.41) is 3.68. The fourth-order valence-corrected chi connectivity index (χ4v) is 5.93. The van der Waals surface area contributed by atoms with Gasteiger partial charge in [0.1, 0.15) is 5.82 Å². The maximum absolute atomic E-state index is 13.9. The number of carbonyl (C=O) groups excluding carboxylic acids is 1. The SMILES string of the molecule is O=C(C1CCCCC1)C(C1CCc2ccccc2N1)N1CCN(c2ccc(C(F)(F)F)cn2)CC1. The summed E-state index contributed by atoms with van der Waals surface area (Å²) in [6.45, 7) is 2.64. The number of carbonyl (C=O) groups is 1. The third kappa shape index (κ3) is 5.32. The number of piperazine rings is 1. The Hall–Kier alpha value is -2.61. The fourth-order valence-electron chi connectivity index (χ4n) is 5.93. The number of hydrogen-bond donors (Lipinski definition) is 1. The second-order valence-corrected chi connectivity index (χ2v) is 10.1. The van der Waals surface area contributed by atoms with Crippen molar-refractivity contribution >= 4 is 17.3 Å². The number of nitrogens with one attached hydrogen (secondary N) is 1. The van der Waals surface area contributed by atoms with Gasteiger partial charge in [-0.3, -0.25) is 9.69 Å². The first-order chi connectivity index (χ1) is 16.9. The molecular formula is C27H33F3N4O. The Morgan fingerprint density at radius 3 is 2.40 bits per heavy atom. The van der Waals surface area contributed by atoms with Crippen LogP contribution in [0.15, 0.2) is 42.6 Å². The van der Waals surface area contributed by atoms with E-state index in [0.29, 0.717) is 37.8 Å².